The number of nitrogens with one attached hydrogen (secondary N) is 1. The molecule has 138 valence electrons. The van der Waals surface area contributed by atoms with Crippen LogP contribution in [-0.2, 0) is 17.6 Å². The van der Waals surface area contributed by atoms with Gasteiger partial charge >= 0.3 is 0 Å². The summed E-state index contributed by atoms with van der Waals surface area (Å²) in [5.41, 5.74) is 8.22. The quantitative estimate of drug-likeness (QED) is 0.786. The van der Waals surface area contributed by atoms with E-state index < -0.39 is 5.91 Å². The first-order valence-electron chi connectivity index (χ1n) is 9.35. The van der Waals surface area contributed by atoms with Crippen molar-refractivity contribution in [1.29, 1.82) is 0 Å². The number of thiophene rings is 1. The minimum Gasteiger partial charge on any atom is -0.365 e. The fourth-order valence-electron chi connectivity index (χ4n) is 3.81. The second-order valence-corrected chi connectivity index (χ2v) is 8.06. The molecule has 1 heterocycles. The zero-order valence-corrected chi connectivity index (χ0v) is 16.2. The number of nitrogens with two attached hydrogens (primary N) is 1. The molecule has 1 aromatic heterocycles. The number of benzene rings is 1. The third-order valence-corrected chi connectivity index (χ3v) is 6.52. The van der Waals surface area contributed by atoms with E-state index in [-0.39, 0.29) is 11.8 Å². The molecule has 2 atom stereocenters. The van der Waals surface area contributed by atoms with E-state index in [1.165, 1.54) is 16.2 Å². The number of anilines is 1. The molecule has 0 radical (unpaired) electrons. The lowest BCUT2D eigenvalue weighted by molar-refractivity contribution is -0.117. The summed E-state index contributed by atoms with van der Waals surface area (Å²) in [6.07, 6.45) is 4.76. The molecule has 1 aliphatic carbocycles. The second kappa shape index (κ2) is 8.04. The normalized spacial score (nSPS) is 17.4. The average Bonchev–Trinajstić information content (AvgIpc) is 3.00. The van der Waals surface area contributed by atoms with E-state index in [1.807, 2.05) is 37.3 Å². The highest BCUT2D eigenvalue weighted by Crippen LogP contribution is 2.40. The summed E-state index contributed by atoms with van der Waals surface area (Å²) in [4.78, 5) is 26.2. The van der Waals surface area contributed by atoms with Crippen LogP contribution in [0.5, 0.6) is 0 Å². The van der Waals surface area contributed by atoms with Crippen molar-refractivity contribution in [2.75, 3.05) is 5.32 Å². The summed E-state index contributed by atoms with van der Waals surface area (Å²) >= 11 is 1.53. The number of carbonyl (C=O) groups excluding carboxylic acids is 2. The van der Waals surface area contributed by atoms with Crippen molar-refractivity contribution in [2.45, 2.75) is 51.9 Å². The number of carbonyl (C=O) groups is 2. The maximum Gasteiger partial charge on any atom is 0.251 e. The van der Waals surface area contributed by atoms with Crippen LogP contribution in [0.1, 0.15) is 65.4 Å². The van der Waals surface area contributed by atoms with Crippen LogP contribution in [0.25, 0.3) is 0 Å². The van der Waals surface area contributed by atoms with Gasteiger partial charge in [-0.2, -0.15) is 0 Å². The van der Waals surface area contributed by atoms with Crippen LogP contribution >= 0.6 is 11.3 Å². The van der Waals surface area contributed by atoms with Crippen molar-refractivity contribution in [2.24, 2.45) is 11.7 Å². The number of hydrogen-bond donors (Lipinski definition) is 2. The largest absolute Gasteiger partial charge is 0.365 e. The summed E-state index contributed by atoms with van der Waals surface area (Å²) in [7, 11) is 0. The Balaban J connectivity index is 1.88. The van der Waals surface area contributed by atoms with Crippen molar-refractivity contribution < 1.29 is 9.59 Å². The summed E-state index contributed by atoms with van der Waals surface area (Å²) < 4.78 is 0. The van der Waals surface area contributed by atoms with E-state index in [0.717, 1.165) is 36.8 Å². The Morgan fingerprint density at radius 2 is 2.00 bits per heavy atom. The molecule has 2 amide bonds. The smallest absolute Gasteiger partial charge is 0.251 e. The van der Waals surface area contributed by atoms with Gasteiger partial charge in [-0.05, 0) is 42.7 Å². The molecule has 5 heteroatoms. The number of amides is 2. The van der Waals surface area contributed by atoms with Gasteiger partial charge in [-0.3, -0.25) is 9.59 Å². The van der Waals surface area contributed by atoms with Crippen molar-refractivity contribution in [3.05, 3.63) is 51.9 Å². The van der Waals surface area contributed by atoms with Gasteiger partial charge in [-0.25, -0.2) is 0 Å². The number of primary amides is 1. The van der Waals surface area contributed by atoms with Crippen LogP contribution in [0.4, 0.5) is 5.00 Å². The molecular weight excluding hydrogens is 344 g/mol. The van der Waals surface area contributed by atoms with Crippen LogP contribution in [0.3, 0.4) is 0 Å². The molecule has 2 aromatic rings. The second-order valence-electron chi connectivity index (χ2n) is 6.95. The molecule has 0 saturated heterocycles. The summed E-state index contributed by atoms with van der Waals surface area (Å²) in [6, 6.07) is 9.75. The fourth-order valence-corrected chi connectivity index (χ4v) is 5.18. The molecule has 1 aromatic carbocycles. The first-order valence-corrected chi connectivity index (χ1v) is 10.2. The number of hydrogen-bond acceptors (Lipinski definition) is 3. The molecule has 4 nitrogen and oxygen atoms in total. The minimum atomic E-state index is -0.444. The minimum absolute atomic E-state index is 0.0770. The molecule has 0 bridgehead atoms. The van der Waals surface area contributed by atoms with Crippen LogP contribution in [0.15, 0.2) is 30.3 Å². The predicted octanol–water partition coefficient (Wildman–Crippen LogP) is 4.49. The lowest BCUT2D eigenvalue weighted by Gasteiger charge is -2.20. The van der Waals surface area contributed by atoms with E-state index in [4.69, 9.17) is 5.73 Å². The van der Waals surface area contributed by atoms with Gasteiger partial charge in [0.15, 0.2) is 0 Å². The van der Waals surface area contributed by atoms with Gasteiger partial charge in [0.05, 0.1) is 11.5 Å². The third-order valence-electron chi connectivity index (χ3n) is 5.35. The molecule has 0 saturated carbocycles. The summed E-state index contributed by atoms with van der Waals surface area (Å²) in [6.45, 7) is 4.20. The standard InChI is InChI=1S/C21H26N2O2S/c1-3-13-10-11-16-17(12-13)26-21(18(16)19(22)24)23-20(25)15(4-2)14-8-6-5-7-9-14/h5-9,13,15H,3-4,10-12H2,1-2H3,(H2,22,24)(H,23,25). The Bertz CT molecular complexity index is 798. The van der Waals surface area contributed by atoms with E-state index in [2.05, 4.69) is 12.2 Å². The molecule has 2 unspecified atom stereocenters. The average molecular weight is 371 g/mol. The number of rotatable bonds is 6. The highest BCUT2D eigenvalue weighted by molar-refractivity contribution is 7.17. The SMILES string of the molecule is CCC1CCc2c(sc(NC(=O)C(CC)c3ccccc3)c2C(N)=O)C1. The Hall–Kier alpha value is -2.14. The monoisotopic (exact) mass is 370 g/mol. The van der Waals surface area contributed by atoms with Gasteiger partial charge in [-0.1, -0.05) is 50.6 Å². The lowest BCUT2D eigenvalue weighted by Crippen LogP contribution is -2.23. The summed E-state index contributed by atoms with van der Waals surface area (Å²) in [5, 5.41) is 3.63. The van der Waals surface area contributed by atoms with Crippen LogP contribution in [0.2, 0.25) is 0 Å². The maximum absolute atomic E-state index is 12.9. The van der Waals surface area contributed by atoms with Crippen LogP contribution in [0, 0.1) is 5.92 Å². The van der Waals surface area contributed by atoms with Gasteiger partial charge in [-0.15, -0.1) is 11.3 Å². The molecule has 26 heavy (non-hydrogen) atoms. The van der Waals surface area contributed by atoms with Crippen molar-refractivity contribution in [1.82, 2.24) is 0 Å². The van der Waals surface area contributed by atoms with Crippen molar-refractivity contribution in [3.8, 4) is 0 Å². The molecule has 0 fully saturated rings. The zero-order valence-electron chi connectivity index (χ0n) is 15.4. The predicted molar refractivity (Wildman–Crippen MR) is 107 cm³/mol. The van der Waals surface area contributed by atoms with Gasteiger partial charge < -0.3 is 11.1 Å². The third kappa shape index (κ3) is 3.68. The zero-order chi connectivity index (χ0) is 18.7. The molecule has 0 spiro atoms. The van der Waals surface area contributed by atoms with Gasteiger partial charge in [0.25, 0.3) is 5.91 Å². The molecule has 3 N–H and O–H groups in total. The first-order chi connectivity index (χ1) is 12.5. The van der Waals surface area contributed by atoms with Gasteiger partial charge in [0, 0.05) is 4.88 Å². The van der Waals surface area contributed by atoms with E-state index in [9.17, 15) is 9.59 Å². The molecule has 0 aliphatic heterocycles. The first kappa shape index (κ1) is 18.6. The lowest BCUT2D eigenvalue weighted by atomic mass is 9.85. The highest BCUT2D eigenvalue weighted by Gasteiger charge is 2.29. The Morgan fingerprint density at radius 3 is 2.62 bits per heavy atom. The van der Waals surface area contributed by atoms with E-state index >= 15 is 0 Å². The maximum atomic E-state index is 12.9. The van der Waals surface area contributed by atoms with Gasteiger partial charge in [0.2, 0.25) is 5.91 Å². The fraction of sp³-hybridized carbons (Fsp3) is 0.429. The molecule has 1 aliphatic rings. The molecular formula is C21H26N2O2S. The van der Waals surface area contributed by atoms with Crippen LogP contribution < -0.4 is 11.1 Å². The van der Waals surface area contributed by atoms with Crippen molar-refractivity contribution in [3.63, 3.8) is 0 Å². The Labute approximate surface area is 158 Å². The van der Waals surface area contributed by atoms with Crippen molar-refractivity contribution >= 4 is 28.2 Å². The van der Waals surface area contributed by atoms with E-state index in [1.54, 1.807) is 0 Å². The Morgan fingerprint density at radius 1 is 1.27 bits per heavy atom. The summed E-state index contributed by atoms with van der Waals surface area (Å²) in [5.74, 6) is -0.107. The topological polar surface area (TPSA) is 72.2 Å². The van der Waals surface area contributed by atoms with E-state index in [0.29, 0.717) is 22.9 Å². The van der Waals surface area contributed by atoms with Gasteiger partial charge in [0.1, 0.15) is 5.00 Å². The Kier molecular flexibility index (Phi) is 5.77. The highest BCUT2D eigenvalue weighted by atomic mass is 32.1. The van der Waals surface area contributed by atoms with Crippen LogP contribution in [-0.4, -0.2) is 11.8 Å². The molecule has 3 rings (SSSR count). The number of fused-ring (bicyclic) bond motifs is 1.